The Morgan fingerprint density at radius 2 is 1.80 bits per heavy atom. The summed E-state index contributed by atoms with van der Waals surface area (Å²) in [6, 6.07) is 13.9. The summed E-state index contributed by atoms with van der Waals surface area (Å²) in [5.74, 6) is -0.124. The lowest BCUT2D eigenvalue weighted by Crippen LogP contribution is -2.08. The maximum atomic E-state index is 11.2. The number of rotatable bonds is 4. The van der Waals surface area contributed by atoms with E-state index in [1.165, 1.54) is 19.1 Å². The van der Waals surface area contributed by atoms with Crippen LogP contribution in [0.1, 0.15) is 18.1 Å². The van der Waals surface area contributed by atoms with Gasteiger partial charge < -0.3 is 5.32 Å². The van der Waals surface area contributed by atoms with Gasteiger partial charge in [0.05, 0.1) is 4.92 Å². The molecule has 5 nitrogen and oxygen atoms in total. The summed E-state index contributed by atoms with van der Waals surface area (Å²) in [6.07, 6.45) is 0.606. The third kappa shape index (κ3) is 3.41. The molecule has 0 aliphatic rings. The normalized spacial score (nSPS) is 10.1. The Hall–Kier alpha value is -2.69. The molecule has 2 aromatic carbocycles. The Morgan fingerprint density at radius 1 is 1.15 bits per heavy atom. The quantitative estimate of drug-likeness (QED) is 0.685. The first-order valence-electron chi connectivity index (χ1n) is 6.15. The van der Waals surface area contributed by atoms with E-state index in [1.54, 1.807) is 12.1 Å². The van der Waals surface area contributed by atoms with Gasteiger partial charge in [0, 0.05) is 24.7 Å². The van der Waals surface area contributed by atoms with E-state index in [2.05, 4.69) is 5.32 Å². The summed E-state index contributed by atoms with van der Waals surface area (Å²) in [4.78, 5) is 21.3. The number of nitro groups is 1. The van der Waals surface area contributed by atoms with Crippen molar-refractivity contribution in [1.82, 2.24) is 0 Å². The summed E-state index contributed by atoms with van der Waals surface area (Å²) in [5, 5.41) is 13.4. The molecule has 0 atom stereocenters. The van der Waals surface area contributed by atoms with E-state index >= 15 is 0 Å². The minimum Gasteiger partial charge on any atom is -0.326 e. The fourth-order valence-electron chi connectivity index (χ4n) is 1.94. The monoisotopic (exact) mass is 270 g/mol. The largest absolute Gasteiger partial charge is 0.326 e. The van der Waals surface area contributed by atoms with Crippen LogP contribution in [0.15, 0.2) is 48.5 Å². The minimum absolute atomic E-state index is 0.0731. The second-order valence-electron chi connectivity index (χ2n) is 4.44. The van der Waals surface area contributed by atoms with Gasteiger partial charge in [0.1, 0.15) is 0 Å². The van der Waals surface area contributed by atoms with Crippen molar-refractivity contribution in [2.75, 3.05) is 5.32 Å². The Kier molecular flexibility index (Phi) is 4.10. The highest BCUT2D eigenvalue weighted by Crippen LogP contribution is 2.20. The topological polar surface area (TPSA) is 72.2 Å². The molecule has 0 unspecified atom stereocenters. The van der Waals surface area contributed by atoms with Gasteiger partial charge in [-0.25, -0.2) is 0 Å². The minimum atomic E-state index is -0.422. The molecule has 0 spiro atoms. The number of benzene rings is 2. The first-order valence-corrected chi connectivity index (χ1v) is 6.15. The Morgan fingerprint density at radius 3 is 2.40 bits per heavy atom. The molecule has 0 saturated carbocycles. The van der Waals surface area contributed by atoms with Crippen LogP contribution >= 0.6 is 0 Å². The van der Waals surface area contributed by atoms with Crippen molar-refractivity contribution < 1.29 is 9.72 Å². The molecule has 0 bridgehead atoms. The number of nitrogens with zero attached hydrogens (tertiary/aromatic N) is 1. The van der Waals surface area contributed by atoms with Gasteiger partial charge in [-0.05, 0) is 23.6 Å². The molecule has 102 valence electrons. The van der Waals surface area contributed by atoms with Crippen LogP contribution in [0.4, 0.5) is 11.4 Å². The molecule has 1 N–H and O–H groups in total. The van der Waals surface area contributed by atoms with Gasteiger partial charge in [-0.15, -0.1) is 0 Å². The van der Waals surface area contributed by atoms with E-state index in [1.807, 2.05) is 24.3 Å². The first kappa shape index (κ1) is 13.7. The van der Waals surface area contributed by atoms with Crippen molar-refractivity contribution in [2.45, 2.75) is 13.3 Å². The number of nitro benzene ring substituents is 1. The molecular weight excluding hydrogens is 256 g/mol. The van der Waals surface area contributed by atoms with Crippen molar-refractivity contribution in [2.24, 2.45) is 0 Å². The number of carbonyl (C=O) groups excluding carboxylic acids is 1. The molecule has 5 heteroatoms. The molecule has 1 amide bonds. The van der Waals surface area contributed by atoms with E-state index in [9.17, 15) is 14.9 Å². The third-order valence-electron chi connectivity index (χ3n) is 2.87. The second-order valence-corrected chi connectivity index (χ2v) is 4.44. The maximum Gasteiger partial charge on any atom is 0.269 e. The smallest absolute Gasteiger partial charge is 0.269 e. The molecule has 2 aromatic rings. The average Bonchev–Trinajstić information content (AvgIpc) is 2.41. The number of hydrogen-bond acceptors (Lipinski definition) is 3. The number of hydrogen-bond donors (Lipinski definition) is 1. The number of amides is 1. The lowest BCUT2D eigenvalue weighted by molar-refractivity contribution is -0.384. The summed E-state index contributed by atoms with van der Waals surface area (Å²) in [6.45, 7) is 1.46. The number of para-hydroxylation sites is 1. The fraction of sp³-hybridized carbons (Fsp3) is 0.133. The van der Waals surface area contributed by atoms with Gasteiger partial charge in [0.15, 0.2) is 0 Å². The Labute approximate surface area is 116 Å². The van der Waals surface area contributed by atoms with Crippen LogP contribution in [-0.4, -0.2) is 10.8 Å². The molecule has 0 aromatic heterocycles. The van der Waals surface area contributed by atoms with Crippen molar-refractivity contribution in [1.29, 1.82) is 0 Å². The van der Waals surface area contributed by atoms with Crippen LogP contribution in [0, 0.1) is 10.1 Å². The van der Waals surface area contributed by atoms with Crippen LogP contribution in [-0.2, 0) is 11.2 Å². The van der Waals surface area contributed by atoms with E-state index < -0.39 is 4.92 Å². The molecule has 0 radical (unpaired) electrons. The van der Waals surface area contributed by atoms with Crippen LogP contribution in [0.5, 0.6) is 0 Å². The van der Waals surface area contributed by atoms with Gasteiger partial charge in [0.2, 0.25) is 5.91 Å². The summed E-state index contributed by atoms with van der Waals surface area (Å²) in [5.41, 5.74) is 2.76. The molecule has 0 aliphatic carbocycles. The van der Waals surface area contributed by atoms with E-state index in [0.29, 0.717) is 6.42 Å². The van der Waals surface area contributed by atoms with Crippen molar-refractivity contribution in [3.8, 4) is 0 Å². The highest BCUT2D eigenvalue weighted by molar-refractivity contribution is 5.89. The van der Waals surface area contributed by atoms with E-state index in [4.69, 9.17) is 0 Å². The Balaban J connectivity index is 2.21. The lowest BCUT2D eigenvalue weighted by Gasteiger charge is -2.09. The highest BCUT2D eigenvalue weighted by Gasteiger charge is 2.07. The number of anilines is 1. The zero-order chi connectivity index (χ0) is 14.5. The first-order chi connectivity index (χ1) is 9.56. The number of nitrogens with one attached hydrogen (secondary N) is 1. The Bertz CT molecular complexity index is 636. The predicted molar refractivity (Wildman–Crippen MR) is 76.6 cm³/mol. The van der Waals surface area contributed by atoms with Crippen molar-refractivity contribution >= 4 is 17.3 Å². The maximum absolute atomic E-state index is 11.2. The third-order valence-corrected chi connectivity index (χ3v) is 2.87. The second kappa shape index (κ2) is 5.97. The van der Waals surface area contributed by atoms with Gasteiger partial charge in [0.25, 0.3) is 5.69 Å². The van der Waals surface area contributed by atoms with Gasteiger partial charge in [-0.3, -0.25) is 14.9 Å². The van der Waals surface area contributed by atoms with Crippen LogP contribution < -0.4 is 5.32 Å². The van der Waals surface area contributed by atoms with Crippen molar-refractivity contribution in [3.05, 3.63) is 69.8 Å². The SMILES string of the molecule is CC(=O)Nc1ccccc1Cc1ccc([N+](=O)[O-])cc1. The summed E-state index contributed by atoms with van der Waals surface area (Å²) >= 11 is 0. The van der Waals surface area contributed by atoms with Crippen molar-refractivity contribution in [3.63, 3.8) is 0 Å². The summed E-state index contributed by atoms with van der Waals surface area (Å²) < 4.78 is 0. The van der Waals surface area contributed by atoms with Crippen LogP contribution in [0.3, 0.4) is 0 Å². The number of non-ortho nitro benzene ring substituents is 1. The average molecular weight is 270 g/mol. The lowest BCUT2D eigenvalue weighted by atomic mass is 10.0. The van der Waals surface area contributed by atoms with E-state index in [0.717, 1.165) is 16.8 Å². The fourth-order valence-corrected chi connectivity index (χ4v) is 1.94. The van der Waals surface area contributed by atoms with Crippen LogP contribution in [0.25, 0.3) is 0 Å². The molecule has 0 heterocycles. The summed E-state index contributed by atoms with van der Waals surface area (Å²) in [7, 11) is 0. The molecule has 2 rings (SSSR count). The van der Waals surface area contributed by atoms with Gasteiger partial charge >= 0.3 is 0 Å². The van der Waals surface area contributed by atoms with Gasteiger partial charge in [-0.2, -0.15) is 0 Å². The molecule has 0 fully saturated rings. The molecular formula is C15H14N2O3. The molecule has 0 aliphatic heterocycles. The predicted octanol–water partition coefficient (Wildman–Crippen LogP) is 3.14. The highest BCUT2D eigenvalue weighted by atomic mass is 16.6. The number of carbonyl (C=O) groups is 1. The van der Waals surface area contributed by atoms with E-state index in [-0.39, 0.29) is 11.6 Å². The van der Waals surface area contributed by atoms with Gasteiger partial charge in [-0.1, -0.05) is 30.3 Å². The zero-order valence-corrected chi connectivity index (χ0v) is 11.0. The standard InChI is InChI=1S/C15H14N2O3/c1-11(18)16-15-5-3-2-4-13(15)10-12-6-8-14(9-7-12)17(19)20/h2-9H,10H2,1H3,(H,16,18). The van der Waals surface area contributed by atoms with Crippen LogP contribution in [0.2, 0.25) is 0 Å². The molecule has 20 heavy (non-hydrogen) atoms. The zero-order valence-electron chi connectivity index (χ0n) is 11.0. The molecule has 0 saturated heterocycles.